The van der Waals surface area contributed by atoms with E-state index < -0.39 is 0 Å². The third-order valence-corrected chi connectivity index (χ3v) is 4.51. The third kappa shape index (κ3) is 7.53. The van der Waals surface area contributed by atoms with Gasteiger partial charge in [0, 0.05) is 24.8 Å². The fourth-order valence-corrected chi connectivity index (χ4v) is 3.10. The number of aromatic amines is 2. The van der Waals surface area contributed by atoms with E-state index in [1.807, 2.05) is 12.4 Å². The lowest BCUT2D eigenvalue weighted by molar-refractivity contribution is 0.551. The molecule has 0 aromatic carbocycles. The first kappa shape index (κ1) is 16.9. The van der Waals surface area contributed by atoms with Crippen molar-refractivity contribution in [3.05, 3.63) is 48.0 Å². The van der Waals surface area contributed by atoms with Crippen LogP contribution >= 0.6 is 0 Å². The molecule has 2 heterocycles. The normalized spacial score (nSPS) is 11.1. The molecule has 0 aliphatic rings. The van der Waals surface area contributed by atoms with Crippen LogP contribution in [0.25, 0.3) is 0 Å². The van der Waals surface area contributed by atoms with Crippen molar-refractivity contribution in [2.24, 2.45) is 0 Å². The highest BCUT2D eigenvalue weighted by atomic mass is 14.6. The summed E-state index contributed by atoms with van der Waals surface area (Å²) in [4.78, 5) is 6.25. The predicted octanol–water partition coefficient (Wildman–Crippen LogP) is 6.03. The maximum Gasteiger partial charge on any atom is 0.00373 e. The summed E-state index contributed by atoms with van der Waals surface area (Å²) in [6.07, 6.45) is 24.8. The molecule has 2 N–H and O–H groups in total. The van der Waals surface area contributed by atoms with Gasteiger partial charge in [-0.25, -0.2) is 0 Å². The van der Waals surface area contributed by atoms with Gasteiger partial charge in [-0.15, -0.1) is 0 Å². The van der Waals surface area contributed by atoms with Crippen LogP contribution in [0.15, 0.2) is 36.9 Å². The van der Waals surface area contributed by atoms with E-state index in [2.05, 4.69) is 34.5 Å². The van der Waals surface area contributed by atoms with E-state index in [0.29, 0.717) is 0 Å². The fourth-order valence-electron chi connectivity index (χ4n) is 3.10. The van der Waals surface area contributed by atoms with Crippen LogP contribution in [0.1, 0.15) is 75.3 Å². The SMILES string of the molecule is c1cc(CCCCCCCCCCCCc2cc[nH]c2)c[nH]1. The minimum absolute atomic E-state index is 1.24. The summed E-state index contributed by atoms with van der Waals surface area (Å²) in [5.41, 5.74) is 2.92. The third-order valence-electron chi connectivity index (χ3n) is 4.51. The first-order valence-electron chi connectivity index (χ1n) is 9.18. The van der Waals surface area contributed by atoms with E-state index in [9.17, 15) is 0 Å². The molecule has 0 amide bonds. The first-order valence-corrected chi connectivity index (χ1v) is 9.18. The number of aromatic nitrogens is 2. The van der Waals surface area contributed by atoms with Crippen LogP contribution in [-0.4, -0.2) is 9.97 Å². The van der Waals surface area contributed by atoms with Crippen LogP contribution in [0.5, 0.6) is 0 Å². The molecule has 2 nitrogen and oxygen atoms in total. The van der Waals surface area contributed by atoms with Crippen LogP contribution in [0.4, 0.5) is 0 Å². The first-order chi connectivity index (χ1) is 10.9. The Morgan fingerprint density at radius 2 is 0.864 bits per heavy atom. The lowest BCUT2D eigenvalue weighted by Gasteiger charge is -2.03. The second-order valence-corrected chi connectivity index (χ2v) is 6.47. The highest BCUT2D eigenvalue weighted by molar-refractivity contribution is 5.08. The number of nitrogens with one attached hydrogen (secondary N) is 2. The number of hydrogen-bond donors (Lipinski definition) is 2. The summed E-state index contributed by atoms with van der Waals surface area (Å²) in [6.45, 7) is 0. The van der Waals surface area contributed by atoms with Gasteiger partial charge >= 0.3 is 0 Å². The van der Waals surface area contributed by atoms with Crippen molar-refractivity contribution < 1.29 is 0 Å². The second-order valence-electron chi connectivity index (χ2n) is 6.47. The van der Waals surface area contributed by atoms with Crippen molar-refractivity contribution in [1.82, 2.24) is 9.97 Å². The highest BCUT2D eigenvalue weighted by Gasteiger charge is 1.96. The van der Waals surface area contributed by atoms with Crippen molar-refractivity contribution in [3.63, 3.8) is 0 Å². The molecule has 2 aromatic heterocycles. The van der Waals surface area contributed by atoms with Crippen LogP contribution in [0.3, 0.4) is 0 Å². The van der Waals surface area contributed by atoms with Gasteiger partial charge in [-0.1, -0.05) is 51.4 Å². The van der Waals surface area contributed by atoms with Gasteiger partial charge in [-0.05, 0) is 48.9 Å². The van der Waals surface area contributed by atoms with Crippen molar-refractivity contribution in [1.29, 1.82) is 0 Å². The predicted molar refractivity (Wildman–Crippen MR) is 95.2 cm³/mol. The Morgan fingerprint density at radius 3 is 1.18 bits per heavy atom. The van der Waals surface area contributed by atoms with Gasteiger partial charge in [0.25, 0.3) is 0 Å². The Kier molecular flexibility index (Phi) is 8.59. The van der Waals surface area contributed by atoms with E-state index in [0.717, 1.165) is 0 Å². The molecule has 2 aromatic rings. The van der Waals surface area contributed by atoms with Crippen molar-refractivity contribution in [3.8, 4) is 0 Å². The van der Waals surface area contributed by atoms with E-state index in [1.54, 1.807) is 0 Å². The fraction of sp³-hybridized carbons (Fsp3) is 0.600. The molecule has 0 atom stereocenters. The molecule has 0 saturated heterocycles. The average molecular weight is 300 g/mol. The average Bonchev–Trinajstić information content (AvgIpc) is 3.21. The van der Waals surface area contributed by atoms with E-state index in [-0.39, 0.29) is 0 Å². The van der Waals surface area contributed by atoms with Crippen molar-refractivity contribution >= 4 is 0 Å². The molecular formula is C20H32N2. The monoisotopic (exact) mass is 300 g/mol. The summed E-state index contributed by atoms with van der Waals surface area (Å²) in [5, 5.41) is 0. The standard InChI is InChI=1S/C20H32N2/c1(3-5-7-9-11-19-13-15-21-17-19)2-4-6-8-10-12-20-14-16-22-18-20/h13-18,21-22H,1-12H2. The Labute approximate surface area is 135 Å². The van der Waals surface area contributed by atoms with Gasteiger partial charge in [0.1, 0.15) is 0 Å². The van der Waals surface area contributed by atoms with E-state index >= 15 is 0 Å². The van der Waals surface area contributed by atoms with Gasteiger partial charge < -0.3 is 9.97 Å². The number of hydrogen-bond acceptors (Lipinski definition) is 0. The number of unbranched alkanes of at least 4 members (excludes halogenated alkanes) is 9. The molecule has 0 unspecified atom stereocenters. The number of H-pyrrole nitrogens is 2. The Bertz CT molecular complexity index is 398. The van der Waals surface area contributed by atoms with Gasteiger partial charge in [-0.2, -0.15) is 0 Å². The molecule has 0 radical (unpaired) electrons. The van der Waals surface area contributed by atoms with Gasteiger partial charge in [0.2, 0.25) is 0 Å². The number of aryl methyl sites for hydroxylation is 2. The van der Waals surface area contributed by atoms with Crippen LogP contribution < -0.4 is 0 Å². The zero-order valence-electron chi connectivity index (χ0n) is 13.9. The molecule has 0 spiro atoms. The molecule has 0 bridgehead atoms. The van der Waals surface area contributed by atoms with Gasteiger partial charge in [-0.3, -0.25) is 0 Å². The van der Waals surface area contributed by atoms with Gasteiger partial charge in [0.05, 0.1) is 0 Å². The molecule has 22 heavy (non-hydrogen) atoms. The molecular weight excluding hydrogens is 268 g/mol. The topological polar surface area (TPSA) is 31.6 Å². The molecule has 2 rings (SSSR count). The lowest BCUT2D eigenvalue weighted by Crippen LogP contribution is -1.86. The highest BCUT2D eigenvalue weighted by Crippen LogP contribution is 2.13. The minimum Gasteiger partial charge on any atom is -0.367 e. The van der Waals surface area contributed by atoms with Crippen molar-refractivity contribution in [2.75, 3.05) is 0 Å². The zero-order chi connectivity index (χ0) is 15.3. The summed E-state index contributed by atoms with van der Waals surface area (Å²) >= 11 is 0. The maximum absolute atomic E-state index is 3.13. The molecule has 0 saturated carbocycles. The minimum atomic E-state index is 1.24. The van der Waals surface area contributed by atoms with Crippen molar-refractivity contribution in [2.45, 2.75) is 77.0 Å². The molecule has 0 fully saturated rings. The largest absolute Gasteiger partial charge is 0.367 e. The van der Waals surface area contributed by atoms with E-state index in [4.69, 9.17) is 0 Å². The number of rotatable bonds is 13. The summed E-state index contributed by atoms with van der Waals surface area (Å²) in [7, 11) is 0. The molecule has 0 aliphatic heterocycles. The Balaban J connectivity index is 1.29. The summed E-state index contributed by atoms with van der Waals surface area (Å²) < 4.78 is 0. The quantitative estimate of drug-likeness (QED) is 0.423. The molecule has 122 valence electrons. The Morgan fingerprint density at radius 1 is 0.500 bits per heavy atom. The van der Waals surface area contributed by atoms with Crippen LogP contribution in [0, 0.1) is 0 Å². The summed E-state index contributed by atoms with van der Waals surface area (Å²) in [6, 6.07) is 4.38. The maximum atomic E-state index is 3.13. The van der Waals surface area contributed by atoms with Crippen LogP contribution in [0.2, 0.25) is 0 Å². The zero-order valence-corrected chi connectivity index (χ0v) is 13.9. The molecule has 0 aliphatic carbocycles. The Hall–Kier alpha value is -1.44. The smallest absolute Gasteiger partial charge is 0.00373 e. The summed E-state index contributed by atoms with van der Waals surface area (Å²) in [5.74, 6) is 0. The second kappa shape index (κ2) is 11.2. The molecule has 2 heteroatoms. The van der Waals surface area contributed by atoms with E-state index in [1.165, 1.54) is 88.2 Å². The van der Waals surface area contributed by atoms with Crippen LogP contribution in [-0.2, 0) is 12.8 Å². The lowest BCUT2D eigenvalue weighted by atomic mass is 10.0. The van der Waals surface area contributed by atoms with Gasteiger partial charge in [0.15, 0.2) is 0 Å².